The van der Waals surface area contributed by atoms with Crippen LogP contribution in [0, 0.1) is 0 Å². The number of amides is 1. The Labute approximate surface area is 176 Å². The summed E-state index contributed by atoms with van der Waals surface area (Å²) in [5.74, 6) is -0.199. The van der Waals surface area contributed by atoms with E-state index in [-0.39, 0.29) is 5.91 Å². The summed E-state index contributed by atoms with van der Waals surface area (Å²) in [7, 11) is 0. The van der Waals surface area contributed by atoms with Gasteiger partial charge in [0, 0.05) is 35.4 Å². The van der Waals surface area contributed by atoms with Crippen LogP contribution in [0.5, 0.6) is 0 Å². The minimum absolute atomic E-state index is 0.199. The van der Waals surface area contributed by atoms with Crippen molar-refractivity contribution in [2.75, 3.05) is 23.3 Å². The van der Waals surface area contributed by atoms with Gasteiger partial charge in [0.1, 0.15) is 5.69 Å². The molecule has 1 N–H and O–H groups in total. The number of aromatic nitrogens is 2. The quantitative estimate of drug-likeness (QED) is 0.474. The number of rotatable bonds is 6. The fourth-order valence-corrected chi connectivity index (χ4v) is 3.62. The predicted octanol–water partition coefficient (Wildman–Crippen LogP) is 5.40. The normalized spacial score (nSPS) is 10.7. The Morgan fingerprint density at radius 2 is 1.50 bits per heavy atom. The van der Waals surface area contributed by atoms with Crippen LogP contribution in [-0.4, -0.2) is 29.2 Å². The number of benzene rings is 3. The first-order valence-electron chi connectivity index (χ1n) is 10.2. The average molecular weight is 396 g/mol. The number of carbonyl (C=O) groups excluding carboxylic acids is 1. The Morgan fingerprint density at radius 1 is 0.833 bits per heavy atom. The first-order chi connectivity index (χ1) is 14.7. The van der Waals surface area contributed by atoms with Gasteiger partial charge in [0.2, 0.25) is 0 Å². The summed E-state index contributed by atoms with van der Waals surface area (Å²) in [6.07, 6.45) is 0. The summed E-state index contributed by atoms with van der Waals surface area (Å²) < 4.78 is 0. The maximum absolute atomic E-state index is 13.4. The van der Waals surface area contributed by atoms with Gasteiger partial charge in [-0.05, 0) is 44.2 Å². The van der Waals surface area contributed by atoms with E-state index in [1.807, 2.05) is 78.9 Å². The molecule has 0 saturated carbocycles. The lowest BCUT2D eigenvalue weighted by Gasteiger charge is -2.21. The van der Waals surface area contributed by atoms with E-state index < -0.39 is 0 Å². The second kappa shape index (κ2) is 8.74. The standard InChI is InChI=1S/C25H24N4O/c1-3-29(4-2)20-16-14-19(15-17-20)26-25(30)23-21-12-8-9-13-22(21)27-28-24(23)18-10-6-5-7-11-18/h5-17H,3-4H2,1-2H3,(H,26,30). The van der Waals surface area contributed by atoms with E-state index in [2.05, 4.69) is 34.3 Å². The maximum atomic E-state index is 13.4. The zero-order chi connectivity index (χ0) is 20.9. The number of fused-ring (bicyclic) bond motifs is 1. The van der Waals surface area contributed by atoms with Crippen LogP contribution in [0.1, 0.15) is 24.2 Å². The number of nitrogens with one attached hydrogen (secondary N) is 1. The van der Waals surface area contributed by atoms with Crippen LogP contribution in [0.2, 0.25) is 0 Å². The molecule has 150 valence electrons. The molecule has 1 aromatic heterocycles. The van der Waals surface area contributed by atoms with Crippen LogP contribution in [-0.2, 0) is 0 Å². The van der Waals surface area contributed by atoms with Crippen molar-refractivity contribution < 1.29 is 4.79 Å². The molecule has 5 nitrogen and oxygen atoms in total. The fourth-order valence-electron chi connectivity index (χ4n) is 3.62. The zero-order valence-electron chi connectivity index (χ0n) is 17.2. The second-order valence-corrected chi connectivity index (χ2v) is 6.98. The van der Waals surface area contributed by atoms with Gasteiger partial charge in [0.05, 0.1) is 11.1 Å². The van der Waals surface area contributed by atoms with E-state index in [0.717, 1.165) is 35.4 Å². The monoisotopic (exact) mass is 396 g/mol. The van der Waals surface area contributed by atoms with Crippen molar-refractivity contribution in [3.05, 3.63) is 84.4 Å². The molecular formula is C25H24N4O. The lowest BCUT2D eigenvalue weighted by Crippen LogP contribution is -2.21. The maximum Gasteiger partial charge on any atom is 0.258 e. The molecule has 1 amide bonds. The largest absolute Gasteiger partial charge is 0.372 e. The highest BCUT2D eigenvalue weighted by atomic mass is 16.1. The highest BCUT2D eigenvalue weighted by Crippen LogP contribution is 2.28. The topological polar surface area (TPSA) is 58.1 Å². The van der Waals surface area contributed by atoms with Crippen LogP contribution >= 0.6 is 0 Å². The summed E-state index contributed by atoms with van der Waals surface area (Å²) in [5.41, 5.74) is 4.54. The molecule has 1 heterocycles. The third-order valence-corrected chi connectivity index (χ3v) is 5.20. The Balaban J connectivity index is 1.72. The molecule has 0 bridgehead atoms. The first kappa shape index (κ1) is 19.6. The minimum atomic E-state index is -0.199. The molecule has 0 radical (unpaired) electrons. The highest BCUT2D eigenvalue weighted by molar-refractivity contribution is 6.15. The molecule has 0 aliphatic rings. The molecular weight excluding hydrogens is 372 g/mol. The number of nitrogens with zero attached hydrogens (tertiary/aromatic N) is 3. The summed E-state index contributed by atoms with van der Waals surface area (Å²) >= 11 is 0. The van der Waals surface area contributed by atoms with Crippen LogP contribution in [0.3, 0.4) is 0 Å². The number of carbonyl (C=O) groups is 1. The number of hydrogen-bond acceptors (Lipinski definition) is 4. The Hall–Kier alpha value is -3.73. The smallest absolute Gasteiger partial charge is 0.258 e. The van der Waals surface area contributed by atoms with Crippen molar-refractivity contribution in [1.82, 2.24) is 10.2 Å². The number of anilines is 2. The molecule has 0 fully saturated rings. The highest BCUT2D eigenvalue weighted by Gasteiger charge is 2.19. The van der Waals surface area contributed by atoms with Crippen molar-refractivity contribution in [3.8, 4) is 11.3 Å². The van der Waals surface area contributed by atoms with Gasteiger partial charge in [-0.2, -0.15) is 0 Å². The SMILES string of the molecule is CCN(CC)c1ccc(NC(=O)c2c(-c3ccccc3)nnc3ccccc23)cc1. The predicted molar refractivity (Wildman–Crippen MR) is 123 cm³/mol. The van der Waals surface area contributed by atoms with Crippen LogP contribution in [0.25, 0.3) is 22.2 Å². The van der Waals surface area contributed by atoms with Gasteiger partial charge in [-0.25, -0.2) is 0 Å². The van der Waals surface area contributed by atoms with Gasteiger partial charge in [0.15, 0.2) is 0 Å². The van der Waals surface area contributed by atoms with E-state index in [1.54, 1.807) is 0 Å². The van der Waals surface area contributed by atoms with Crippen LogP contribution < -0.4 is 10.2 Å². The van der Waals surface area contributed by atoms with E-state index in [4.69, 9.17) is 0 Å². The Kier molecular flexibility index (Phi) is 5.70. The van der Waals surface area contributed by atoms with Gasteiger partial charge >= 0.3 is 0 Å². The average Bonchev–Trinajstić information content (AvgIpc) is 2.80. The lowest BCUT2D eigenvalue weighted by atomic mass is 10.0. The summed E-state index contributed by atoms with van der Waals surface area (Å²) in [6, 6.07) is 25.2. The van der Waals surface area contributed by atoms with Crippen molar-refractivity contribution in [2.24, 2.45) is 0 Å². The van der Waals surface area contributed by atoms with Gasteiger partial charge < -0.3 is 10.2 Å². The van der Waals surface area contributed by atoms with Crippen molar-refractivity contribution in [1.29, 1.82) is 0 Å². The molecule has 4 rings (SSSR count). The number of hydrogen-bond donors (Lipinski definition) is 1. The van der Waals surface area contributed by atoms with Crippen molar-refractivity contribution in [2.45, 2.75) is 13.8 Å². The zero-order valence-corrected chi connectivity index (χ0v) is 17.2. The fraction of sp³-hybridized carbons (Fsp3) is 0.160. The summed E-state index contributed by atoms with van der Waals surface area (Å²) in [4.78, 5) is 15.6. The van der Waals surface area contributed by atoms with E-state index in [1.165, 1.54) is 0 Å². The summed E-state index contributed by atoms with van der Waals surface area (Å²) in [6.45, 7) is 6.15. The molecule has 30 heavy (non-hydrogen) atoms. The van der Waals surface area contributed by atoms with E-state index in [0.29, 0.717) is 16.8 Å². The van der Waals surface area contributed by atoms with Crippen LogP contribution in [0.15, 0.2) is 78.9 Å². The molecule has 0 aliphatic carbocycles. The Morgan fingerprint density at radius 3 is 2.20 bits per heavy atom. The first-order valence-corrected chi connectivity index (χ1v) is 10.2. The Bertz CT molecular complexity index is 1150. The van der Waals surface area contributed by atoms with Crippen molar-refractivity contribution >= 4 is 28.2 Å². The van der Waals surface area contributed by atoms with Gasteiger partial charge in [0.25, 0.3) is 5.91 Å². The third-order valence-electron chi connectivity index (χ3n) is 5.20. The molecule has 0 atom stereocenters. The second-order valence-electron chi connectivity index (χ2n) is 6.98. The summed E-state index contributed by atoms with van der Waals surface area (Å²) in [5, 5.41) is 12.5. The van der Waals surface area contributed by atoms with Gasteiger partial charge in [-0.3, -0.25) is 4.79 Å². The molecule has 0 unspecified atom stereocenters. The molecule has 0 spiro atoms. The lowest BCUT2D eigenvalue weighted by molar-refractivity contribution is 0.102. The van der Waals surface area contributed by atoms with Gasteiger partial charge in [-0.1, -0.05) is 48.5 Å². The minimum Gasteiger partial charge on any atom is -0.372 e. The van der Waals surface area contributed by atoms with Crippen LogP contribution in [0.4, 0.5) is 11.4 Å². The van der Waals surface area contributed by atoms with E-state index >= 15 is 0 Å². The molecule has 3 aromatic carbocycles. The molecule has 0 saturated heterocycles. The van der Waals surface area contributed by atoms with Gasteiger partial charge in [-0.15, -0.1) is 10.2 Å². The van der Waals surface area contributed by atoms with E-state index in [9.17, 15) is 4.79 Å². The van der Waals surface area contributed by atoms with Crippen molar-refractivity contribution in [3.63, 3.8) is 0 Å². The third kappa shape index (κ3) is 3.87. The molecule has 5 heteroatoms. The molecule has 4 aromatic rings. The molecule has 0 aliphatic heterocycles.